The summed E-state index contributed by atoms with van der Waals surface area (Å²) in [5.41, 5.74) is 4.65. The number of hydrogen-bond donors (Lipinski definition) is 2. The Bertz CT molecular complexity index is 588. The van der Waals surface area contributed by atoms with E-state index in [4.69, 9.17) is 4.74 Å². The number of rotatable bonds is 4. The summed E-state index contributed by atoms with van der Waals surface area (Å²) in [7, 11) is 1.51. The van der Waals surface area contributed by atoms with Crippen molar-refractivity contribution in [1.29, 1.82) is 0 Å². The van der Waals surface area contributed by atoms with Crippen molar-refractivity contribution >= 4 is 22.7 Å². The molecule has 0 amide bonds. The highest BCUT2D eigenvalue weighted by Crippen LogP contribution is 2.25. The van der Waals surface area contributed by atoms with Crippen LogP contribution in [0.2, 0.25) is 0 Å². The summed E-state index contributed by atoms with van der Waals surface area (Å²) in [6, 6.07) is 5.08. The van der Waals surface area contributed by atoms with Gasteiger partial charge in [-0.25, -0.2) is 4.98 Å². The van der Waals surface area contributed by atoms with Gasteiger partial charge in [0.2, 0.25) is 5.13 Å². The summed E-state index contributed by atoms with van der Waals surface area (Å²) in [6.07, 6.45) is 1.62. The maximum atomic E-state index is 9.63. The highest BCUT2D eigenvalue weighted by molar-refractivity contribution is 7.15. The van der Waals surface area contributed by atoms with Crippen molar-refractivity contribution in [1.82, 2.24) is 4.98 Å². The van der Waals surface area contributed by atoms with Gasteiger partial charge in [0.25, 0.3) is 0 Å². The van der Waals surface area contributed by atoms with Crippen molar-refractivity contribution in [2.75, 3.05) is 12.5 Å². The van der Waals surface area contributed by atoms with Gasteiger partial charge < -0.3 is 9.84 Å². The van der Waals surface area contributed by atoms with E-state index in [9.17, 15) is 5.11 Å². The zero-order chi connectivity index (χ0) is 13.8. The highest BCUT2D eigenvalue weighted by atomic mass is 32.1. The molecule has 1 heterocycles. The number of aromatic nitrogens is 1. The van der Waals surface area contributed by atoms with Gasteiger partial charge >= 0.3 is 0 Å². The Balaban J connectivity index is 2.04. The minimum absolute atomic E-state index is 0.0902. The molecule has 0 unspecified atom stereocenters. The maximum absolute atomic E-state index is 9.63. The van der Waals surface area contributed by atoms with Crippen molar-refractivity contribution < 1.29 is 9.84 Å². The van der Waals surface area contributed by atoms with Crippen molar-refractivity contribution in [3.8, 4) is 11.5 Å². The topological polar surface area (TPSA) is 66.7 Å². The minimum atomic E-state index is 0.0902. The van der Waals surface area contributed by atoms with Gasteiger partial charge in [-0.15, -0.1) is 11.3 Å². The van der Waals surface area contributed by atoms with E-state index < -0.39 is 0 Å². The van der Waals surface area contributed by atoms with Gasteiger partial charge in [0.05, 0.1) is 19.0 Å². The second kappa shape index (κ2) is 5.71. The molecular formula is C13H15N3O2S. The molecule has 1 aromatic heterocycles. The molecule has 0 atom stereocenters. The lowest BCUT2D eigenvalue weighted by molar-refractivity contribution is 0.373. The Labute approximate surface area is 115 Å². The molecule has 0 aliphatic rings. The number of phenols is 1. The van der Waals surface area contributed by atoms with E-state index in [1.54, 1.807) is 29.7 Å². The van der Waals surface area contributed by atoms with Crippen LogP contribution in [0.5, 0.6) is 11.5 Å². The van der Waals surface area contributed by atoms with Crippen molar-refractivity contribution in [3.05, 3.63) is 34.3 Å². The van der Waals surface area contributed by atoms with E-state index in [1.807, 2.05) is 19.9 Å². The second-order valence-electron chi connectivity index (χ2n) is 3.96. The number of thiazole rings is 1. The second-order valence-corrected chi connectivity index (χ2v) is 5.17. The monoisotopic (exact) mass is 277 g/mol. The van der Waals surface area contributed by atoms with Crippen molar-refractivity contribution in [2.24, 2.45) is 5.10 Å². The van der Waals surface area contributed by atoms with Gasteiger partial charge in [-0.1, -0.05) is 0 Å². The Morgan fingerprint density at radius 2 is 2.21 bits per heavy atom. The number of aryl methyl sites for hydroxylation is 2. The Kier molecular flexibility index (Phi) is 4.01. The smallest absolute Gasteiger partial charge is 0.203 e. The van der Waals surface area contributed by atoms with Crippen LogP contribution in [0.4, 0.5) is 5.13 Å². The third kappa shape index (κ3) is 3.23. The molecule has 0 aliphatic heterocycles. The van der Waals surface area contributed by atoms with Crippen LogP contribution in [0.15, 0.2) is 23.3 Å². The predicted octanol–water partition coefficient (Wildman–Crippen LogP) is 2.92. The molecule has 100 valence electrons. The lowest BCUT2D eigenvalue weighted by Crippen LogP contribution is -1.91. The molecule has 2 rings (SSSR count). The Hall–Kier alpha value is -2.08. The molecule has 0 saturated heterocycles. The zero-order valence-corrected chi connectivity index (χ0v) is 11.8. The summed E-state index contributed by atoms with van der Waals surface area (Å²) < 4.78 is 4.97. The van der Waals surface area contributed by atoms with Crippen molar-refractivity contribution in [3.63, 3.8) is 0 Å². The van der Waals surface area contributed by atoms with E-state index >= 15 is 0 Å². The SMILES string of the molecule is COc1ccc(/C=N/Nc2nc(C)c(C)s2)cc1O. The van der Waals surface area contributed by atoms with Crippen LogP contribution in [0.1, 0.15) is 16.1 Å². The molecule has 0 fully saturated rings. The maximum Gasteiger partial charge on any atom is 0.203 e. The summed E-state index contributed by atoms with van der Waals surface area (Å²) in [4.78, 5) is 5.48. The molecule has 0 radical (unpaired) electrons. The number of benzene rings is 1. The Morgan fingerprint density at radius 3 is 2.79 bits per heavy atom. The van der Waals surface area contributed by atoms with Gasteiger partial charge in [0, 0.05) is 4.88 Å². The van der Waals surface area contributed by atoms with Crippen molar-refractivity contribution in [2.45, 2.75) is 13.8 Å². The molecule has 0 spiro atoms. The summed E-state index contributed by atoms with van der Waals surface area (Å²) >= 11 is 1.55. The summed E-state index contributed by atoms with van der Waals surface area (Å²) in [6.45, 7) is 3.98. The van der Waals surface area contributed by atoms with Crippen LogP contribution in [0.3, 0.4) is 0 Å². The first-order valence-corrected chi connectivity index (χ1v) is 6.52. The number of anilines is 1. The third-order valence-corrected chi connectivity index (χ3v) is 3.58. The Morgan fingerprint density at radius 1 is 1.42 bits per heavy atom. The van der Waals surface area contributed by atoms with E-state index in [2.05, 4.69) is 15.5 Å². The number of aromatic hydroxyl groups is 1. The molecule has 2 N–H and O–H groups in total. The van der Waals surface area contributed by atoms with Gasteiger partial charge in [0.15, 0.2) is 11.5 Å². The van der Waals surface area contributed by atoms with Crippen LogP contribution < -0.4 is 10.2 Å². The van der Waals surface area contributed by atoms with E-state index in [1.165, 1.54) is 12.0 Å². The first-order chi connectivity index (χ1) is 9.10. The summed E-state index contributed by atoms with van der Waals surface area (Å²) in [5, 5.41) is 14.5. The number of nitrogens with one attached hydrogen (secondary N) is 1. The fourth-order valence-corrected chi connectivity index (χ4v) is 2.23. The van der Waals surface area contributed by atoms with Crippen LogP contribution in [-0.2, 0) is 0 Å². The van der Waals surface area contributed by atoms with Crippen LogP contribution in [-0.4, -0.2) is 23.4 Å². The largest absolute Gasteiger partial charge is 0.504 e. The normalized spacial score (nSPS) is 10.9. The van der Waals surface area contributed by atoms with Crippen LogP contribution >= 0.6 is 11.3 Å². The number of phenolic OH excluding ortho intramolecular Hbond substituents is 1. The van der Waals surface area contributed by atoms with Gasteiger partial charge in [-0.3, -0.25) is 5.43 Å². The van der Waals surface area contributed by atoms with Gasteiger partial charge in [-0.05, 0) is 37.6 Å². The molecule has 1 aromatic carbocycles. The van der Waals surface area contributed by atoms with E-state index in [0.717, 1.165) is 16.4 Å². The predicted molar refractivity (Wildman–Crippen MR) is 77.5 cm³/mol. The lowest BCUT2D eigenvalue weighted by Gasteiger charge is -2.02. The van der Waals surface area contributed by atoms with Gasteiger partial charge in [0.1, 0.15) is 0 Å². The molecular weight excluding hydrogens is 262 g/mol. The van der Waals surface area contributed by atoms with E-state index in [0.29, 0.717) is 5.75 Å². The lowest BCUT2D eigenvalue weighted by atomic mass is 10.2. The number of methoxy groups -OCH3 is 1. The minimum Gasteiger partial charge on any atom is -0.504 e. The standard InChI is InChI=1S/C13H15N3O2S/c1-8-9(2)19-13(15-8)16-14-7-10-4-5-12(18-3)11(17)6-10/h4-7,17H,1-3H3,(H,15,16)/b14-7+. The average molecular weight is 277 g/mol. The number of ether oxygens (including phenoxy) is 1. The average Bonchev–Trinajstić information content (AvgIpc) is 2.69. The molecule has 2 aromatic rings. The first-order valence-electron chi connectivity index (χ1n) is 5.70. The first kappa shape index (κ1) is 13.4. The van der Waals surface area contributed by atoms with Gasteiger partial charge in [-0.2, -0.15) is 5.10 Å². The zero-order valence-electron chi connectivity index (χ0n) is 11.0. The molecule has 19 heavy (non-hydrogen) atoms. The number of hydrazone groups is 1. The molecule has 6 heteroatoms. The van der Waals surface area contributed by atoms with Crippen LogP contribution in [0.25, 0.3) is 0 Å². The number of hydrogen-bond acceptors (Lipinski definition) is 6. The fraction of sp³-hybridized carbons (Fsp3) is 0.231. The highest BCUT2D eigenvalue weighted by Gasteiger charge is 2.02. The summed E-state index contributed by atoms with van der Waals surface area (Å²) in [5.74, 6) is 0.531. The number of nitrogens with zero attached hydrogens (tertiary/aromatic N) is 2. The molecule has 0 saturated carbocycles. The quantitative estimate of drug-likeness (QED) is 0.666. The van der Waals surface area contributed by atoms with E-state index in [-0.39, 0.29) is 5.75 Å². The molecule has 0 aliphatic carbocycles. The molecule has 0 bridgehead atoms. The fourth-order valence-electron chi connectivity index (χ4n) is 1.47. The molecule has 5 nitrogen and oxygen atoms in total. The van der Waals surface area contributed by atoms with Crippen LogP contribution in [0, 0.1) is 13.8 Å². The third-order valence-electron chi connectivity index (χ3n) is 2.61.